The number of carbonyl (C=O) groups is 1. The van der Waals surface area contributed by atoms with Gasteiger partial charge in [-0.2, -0.15) is 0 Å². The van der Waals surface area contributed by atoms with Crippen LogP contribution in [-0.4, -0.2) is 20.0 Å². The summed E-state index contributed by atoms with van der Waals surface area (Å²) in [4.78, 5) is 13.1. The average molecular weight is 326 g/mol. The van der Waals surface area contributed by atoms with Gasteiger partial charge < -0.3 is 9.47 Å². The molecule has 5 rings (SSSR count). The van der Waals surface area contributed by atoms with E-state index >= 15 is 0 Å². The highest BCUT2D eigenvalue weighted by atomic mass is 16.5. The molecule has 1 aromatic carbocycles. The number of benzene rings is 1. The molecule has 4 saturated carbocycles. The summed E-state index contributed by atoms with van der Waals surface area (Å²) in [6, 6.07) is 5.67. The third-order valence-corrected chi connectivity index (χ3v) is 6.41. The topological polar surface area (TPSA) is 35.5 Å². The molecule has 1 aromatic rings. The summed E-state index contributed by atoms with van der Waals surface area (Å²) >= 11 is 0. The number of ketones is 1. The molecule has 0 aromatic heterocycles. The monoisotopic (exact) mass is 326 g/mol. The minimum Gasteiger partial charge on any atom is -0.497 e. The lowest BCUT2D eigenvalue weighted by atomic mass is 9.48. The van der Waals surface area contributed by atoms with Gasteiger partial charge in [0.05, 0.1) is 14.2 Å². The van der Waals surface area contributed by atoms with Crippen LogP contribution in [0.25, 0.3) is 6.08 Å². The van der Waals surface area contributed by atoms with E-state index in [4.69, 9.17) is 9.47 Å². The molecule has 0 saturated heterocycles. The fourth-order valence-electron chi connectivity index (χ4n) is 5.72. The molecule has 4 fully saturated rings. The van der Waals surface area contributed by atoms with Gasteiger partial charge in [-0.3, -0.25) is 4.79 Å². The van der Waals surface area contributed by atoms with Gasteiger partial charge in [-0.05, 0) is 86.6 Å². The van der Waals surface area contributed by atoms with Crippen LogP contribution in [0.3, 0.4) is 0 Å². The number of rotatable bonds is 5. The second-order valence-electron chi connectivity index (χ2n) is 8.00. The minimum atomic E-state index is -0.0721. The van der Waals surface area contributed by atoms with Crippen molar-refractivity contribution < 1.29 is 14.3 Å². The standard InChI is InChI=1S/C21H26O3/c1-23-18-4-5-19(24-2)17(10-18)3-6-20(22)21-11-14-7-15(12-21)9-16(8-14)13-21/h3-6,10,14-16H,7-9,11-13H2,1-2H3. The molecule has 0 N–H and O–H groups in total. The molecule has 0 spiro atoms. The van der Waals surface area contributed by atoms with Gasteiger partial charge >= 0.3 is 0 Å². The predicted octanol–water partition coefficient (Wildman–Crippen LogP) is 4.50. The molecule has 4 aliphatic carbocycles. The van der Waals surface area contributed by atoms with Crippen molar-refractivity contribution in [2.45, 2.75) is 38.5 Å². The van der Waals surface area contributed by atoms with Gasteiger partial charge in [-0.1, -0.05) is 0 Å². The van der Waals surface area contributed by atoms with Crippen LogP contribution in [0.4, 0.5) is 0 Å². The molecule has 0 unspecified atom stereocenters. The van der Waals surface area contributed by atoms with Crippen molar-refractivity contribution in [1.82, 2.24) is 0 Å². The Bertz CT molecular complexity index is 638. The SMILES string of the molecule is COc1ccc(OC)c(C=CC(=O)C23CC4CC(CC(C4)C2)C3)c1. The first kappa shape index (κ1) is 15.7. The normalized spacial score (nSPS) is 33.8. The molecule has 0 aliphatic heterocycles. The molecule has 4 aliphatic rings. The van der Waals surface area contributed by atoms with Gasteiger partial charge in [0.15, 0.2) is 5.78 Å². The number of allylic oxidation sites excluding steroid dienone is 1. The molecule has 4 bridgehead atoms. The third-order valence-electron chi connectivity index (χ3n) is 6.41. The van der Waals surface area contributed by atoms with Crippen LogP contribution in [0, 0.1) is 23.2 Å². The summed E-state index contributed by atoms with van der Waals surface area (Å²) in [6.07, 6.45) is 11.1. The molecule has 0 heterocycles. The molecule has 128 valence electrons. The molecule has 0 amide bonds. The Hall–Kier alpha value is -1.77. The smallest absolute Gasteiger partial charge is 0.161 e. The maximum Gasteiger partial charge on any atom is 0.161 e. The van der Waals surface area contributed by atoms with E-state index in [1.54, 1.807) is 20.3 Å². The number of hydrogen-bond acceptors (Lipinski definition) is 3. The maximum absolute atomic E-state index is 13.1. The summed E-state index contributed by atoms with van der Waals surface area (Å²) in [5, 5.41) is 0. The van der Waals surface area contributed by atoms with Crippen molar-refractivity contribution in [1.29, 1.82) is 0 Å². The van der Waals surface area contributed by atoms with E-state index in [1.165, 1.54) is 19.3 Å². The lowest BCUT2D eigenvalue weighted by molar-refractivity contribution is -0.138. The first-order chi connectivity index (χ1) is 11.6. The van der Waals surface area contributed by atoms with Crippen molar-refractivity contribution in [3.8, 4) is 11.5 Å². The third kappa shape index (κ3) is 2.64. The van der Waals surface area contributed by atoms with E-state index in [1.807, 2.05) is 24.3 Å². The average Bonchev–Trinajstić information content (AvgIpc) is 2.58. The first-order valence-electron chi connectivity index (χ1n) is 9.06. The number of ether oxygens (including phenoxy) is 2. The highest BCUT2D eigenvalue weighted by molar-refractivity contribution is 5.98. The van der Waals surface area contributed by atoms with E-state index in [-0.39, 0.29) is 5.41 Å². The van der Waals surface area contributed by atoms with Crippen LogP contribution in [-0.2, 0) is 4.79 Å². The molecule has 0 atom stereocenters. The Balaban J connectivity index is 1.57. The quantitative estimate of drug-likeness (QED) is 0.747. The van der Waals surface area contributed by atoms with Crippen LogP contribution in [0.1, 0.15) is 44.1 Å². The van der Waals surface area contributed by atoms with Crippen molar-refractivity contribution in [3.05, 3.63) is 29.8 Å². The molecule has 24 heavy (non-hydrogen) atoms. The zero-order chi connectivity index (χ0) is 16.7. The van der Waals surface area contributed by atoms with Crippen LogP contribution >= 0.6 is 0 Å². The fraction of sp³-hybridized carbons (Fsp3) is 0.571. The number of hydrogen-bond donors (Lipinski definition) is 0. The highest BCUT2D eigenvalue weighted by Gasteiger charge is 2.53. The van der Waals surface area contributed by atoms with Crippen LogP contribution in [0.15, 0.2) is 24.3 Å². The van der Waals surface area contributed by atoms with E-state index in [0.717, 1.165) is 54.1 Å². The molecular weight excluding hydrogens is 300 g/mol. The van der Waals surface area contributed by atoms with Crippen molar-refractivity contribution in [2.75, 3.05) is 14.2 Å². The van der Waals surface area contributed by atoms with Crippen molar-refractivity contribution in [3.63, 3.8) is 0 Å². The zero-order valence-corrected chi connectivity index (χ0v) is 14.6. The molecule has 3 heteroatoms. The molecule has 3 nitrogen and oxygen atoms in total. The van der Waals surface area contributed by atoms with E-state index in [9.17, 15) is 4.79 Å². The zero-order valence-electron chi connectivity index (χ0n) is 14.6. The van der Waals surface area contributed by atoms with Crippen LogP contribution in [0.5, 0.6) is 11.5 Å². The van der Waals surface area contributed by atoms with E-state index in [0.29, 0.717) is 5.78 Å². The lowest BCUT2D eigenvalue weighted by Gasteiger charge is -2.55. The van der Waals surface area contributed by atoms with E-state index in [2.05, 4.69) is 0 Å². The predicted molar refractivity (Wildman–Crippen MR) is 94.2 cm³/mol. The Labute approximate surface area is 144 Å². The highest BCUT2D eigenvalue weighted by Crippen LogP contribution is 2.60. The molecule has 0 radical (unpaired) electrons. The second-order valence-corrected chi connectivity index (χ2v) is 8.00. The van der Waals surface area contributed by atoms with Gasteiger partial charge in [0.2, 0.25) is 0 Å². The van der Waals surface area contributed by atoms with Gasteiger partial charge in [0, 0.05) is 11.0 Å². The number of methoxy groups -OCH3 is 2. The van der Waals surface area contributed by atoms with Crippen molar-refractivity contribution >= 4 is 11.9 Å². The largest absolute Gasteiger partial charge is 0.497 e. The van der Waals surface area contributed by atoms with Gasteiger partial charge in [0.25, 0.3) is 0 Å². The lowest BCUT2D eigenvalue weighted by Crippen LogP contribution is -2.49. The summed E-state index contributed by atoms with van der Waals surface area (Å²) in [5.41, 5.74) is 0.826. The van der Waals surface area contributed by atoms with Gasteiger partial charge in [0.1, 0.15) is 11.5 Å². The van der Waals surface area contributed by atoms with E-state index < -0.39 is 0 Å². The summed E-state index contributed by atoms with van der Waals surface area (Å²) in [7, 11) is 3.30. The van der Waals surface area contributed by atoms with Crippen LogP contribution in [0.2, 0.25) is 0 Å². The Morgan fingerprint density at radius 3 is 2.21 bits per heavy atom. The fourth-order valence-corrected chi connectivity index (χ4v) is 5.72. The van der Waals surface area contributed by atoms with Crippen LogP contribution < -0.4 is 9.47 Å². The Morgan fingerprint density at radius 1 is 1.04 bits per heavy atom. The Morgan fingerprint density at radius 2 is 1.67 bits per heavy atom. The van der Waals surface area contributed by atoms with Gasteiger partial charge in [-0.15, -0.1) is 0 Å². The minimum absolute atomic E-state index is 0.0721. The molecular formula is C21H26O3. The number of carbonyl (C=O) groups excluding carboxylic acids is 1. The Kier molecular flexibility index (Phi) is 3.90. The second kappa shape index (κ2) is 5.94. The van der Waals surface area contributed by atoms with Crippen molar-refractivity contribution in [2.24, 2.45) is 23.2 Å². The first-order valence-corrected chi connectivity index (χ1v) is 9.06. The van der Waals surface area contributed by atoms with Gasteiger partial charge in [-0.25, -0.2) is 0 Å². The summed E-state index contributed by atoms with van der Waals surface area (Å²) < 4.78 is 10.7. The summed E-state index contributed by atoms with van der Waals surface area (Å²) in [6.45, 7) is 0. The maximum atomic E-state index is 13.1. The summed E-state index contributed by atoms with van der Waals surface area (Å²) in [5.74, 6) is 4.24.